The standard InChI is InChI=1S/C15H14N2O5S2/c1-16-24(21,22)10-3-2-9-6-7-17(11(9)8-10)14(18)12-4-5-13(23-12)15(19)20/h2-5,8,16H,6-7H2,1H3,(H,19,20). The molecule has 1 aliphatic heterocycles. The third-order valence-corrected chi connectivity index (χ3v) is 6.28. The Bertz CT molecular complexity index is 933. The van der Waals surface area contributed by atoms with Crippen molar-refractivity contribution in [1.29, 1.82) is 0 Å². The van der Waals surface area contributed by atoms with Gasteiger partial charge in [-0.3, -0.25) is 4.79 Å². The average Bonchev–Trinajstić information content (AvgIpc) is 3.20. The fourth-order valence-electron chi connectivity index (χ4n) is 2.56. The molecule has 126 valence electrons. The number of fused-ring (bicyclic) bond motifs is 1. The lowest BCUT2D eigenvalue weighted by atomic mass is 10.2. The number of carboxylic acid groups (broad SMARTS) is 1. The first-order valence-corrected chi connectivity index (χ1v) is 9.35. The van der Waals surface area contributed by atoms with Gasteiger partial charge in [0, 0.05) is 12.2 Å². The number of amides is 1. The van der Waals surface area contributed by atoms with Crippen LogP contribution in [0.3, 0.4) is 0 Å². The summed E-state index contributed by atoms with van der Waals surface area (Å²) in [5.41, 5.74) is 1.43. The van der Waals surface area contributed by atoms with Crippen molar-refractivity contribution in [2.45, 2.75) is 11.3 Å². The van der Waals surface area contributed by atoms with Crippen molar-refractivity contribution in [3.05, 3.63) is 45.6 Å². The van der Waals surface area contributed by atoms with Crippen LogP contribution in [0.15, 0.2) is 35.2 Å². The number of nitrogens with zero attached hydrogens (tertiary/aromatic N) is 1. The van der Waals surface area contributed by atoms with Crippen LogP contribution in [0.2, 0.25) is 0 Å². The Kier molecular flexibility index (Phi) is 4.16. The molecule has 0 bridgehead atoms. The zero-order valence-electron chi connectivity index (χ0n) is 12.6. The summed E-state index contributed by atoms with van der Waals surface area (Å²) in [5, 5.41) is 8.97. The summed E-state index contributed by atoms with van der Waals surface area (Å²) in [4.78, 5) is 25.6. The summed E-state index contributed by atoms with van der Waals surface area (Å²) < 4.78 is 26.1. The third-order valence-electron chi connectivity index (χ3n) is 3.80. The van der Waals surface area contributed by atoms with Crippen LogP contribution in [0.1, 0.15) is 24.9 Å². The van der Waals surface area contributed by atoms with Gasteiger partial charge in [-0.25, -0.2) is 17.9 Å². The molecule has 0 aliphatic carbocycles. The van der Waals surface area contributed by atoms with Crippen LogP contribution in [0.5, 0.6) is 0 Å². The lowest BCUT2D eigenvalue weighted by Crippen LogP contribution is -2.28. The Labute approximate surface area is 142 Å². The van der Waals surface area contributed by atoms with Gasteiger partial charge < -0.3 is 10.0 Å². The Balaban J connectivity index is 1.97. The van der Waals surface area contributed by atoms with Crippen LogP contribution < -0.4 is 9.62 Å². The zero-order valence-corrected chi connectivity index (χ0v) is 14.3. The van der Waals surface area contributed by atoms with Gasteiger partial charge in [0.05, 0.1) is 9.77 Å². The molecule has 2 heterocycles. The van der Waals surface area contributed by atoms with Crippen molar-refractivity contribution in [1.82, 2.24) is 4.72 Å². The highest BCUT2D eigenvalue weighted by molar-refractivity contribution is 7.89. The second-order valence-electron chi connectivity index (χ2n) is 5.17. The highest BCUT2D eigenvalue weighted by Crippen LogP contribution is 2.32. The van der Waals surface area contributed by atoms with Gasteiger partial charge in [-0.05, 0) is 43.3 Å². The minimum atomic E-state index is -3.60. The Morgan fingerprint density at radius 3 is 2.54 bits per heavy atom. The Hall–Kier alpha value is -2.23. The van der Waals surface area contributed by atoms with E-state index in [4.69, 9.17) is 5.11 Å². The maximum absolute atomic E-state index is 12.7. The molecule has 2 N–H and O–H groups in total. The number of hydrogen-bond donors (Lipinski definition) is 2. The summed E-state index contributed by atoms with van der Waals surface area (Å²) in [7, 11) is -2.28. The fourth-order valence-corrected chi connectivity index (χ4v) is 4.10. The number of anilines is 1. The number of benzene rings is 1. The quantitative estimate of drug-likeness (QED) is 0.855. The molecule has 1 aromatic heterocycles. The normalized spacial score (nSPS) is 13.8. The van der Waals surface area contributed by atoms with Crippen LogP contribution >= 0.6 is 11.3 Å². The van der Waals surface area contributed by atoms with Gasteiger partial charge in [0.2, 0.25) is 10.0 Å². The number of aromatic carboxylic acids is 1. The van der Waals surface area contributed by atoms with E-state index in [9.17, 15) is 18.0 Å². The van der Waals surface area contributed by atoms with Gasteiger partial charge in [0.1, 0.15) is 4.88 Å². The first-order chi connectivity index (χ1) is 11.3. The smallest absolute Gasteiger partial charge is 0.345 e. The molecule has 7 nitrogen and oxygen atoms in total. The molecule has 2 aromatic rings. The molecule has 1 amide bonds. The van der Waals surface area contributed by atoms with Gasteiger partial charge in [-0.15, -0.1) is 11.3 Å². The number of thiophene rings is 1. The van der Waals surface area contributed by atoms with E-state index < -0.39 is 16.0 Å². The minimum Gasteiger partial charge on any atom is -0.477 e. The predicted octanol–water partition coefficient (Wildman–Crippen LogP) is 1.56. The van der Waals surface area contributed by atoms with E-state index in [-0.39, 0.29) is 15.7 Å². The lowest BCUT2D eigenvalue weighted by molar-refractivity contribution is 0.0702. The van der Waals surface area contributed by atoms with Gasteiger partial charge in [0.15, 0.2) is 0 Å². The van der Waals surface area contributed by atoms with E-state index in [0.29, 0.717) is 23.5 Å². The number of nitrogens with one attached hydrogen (secondary N) is 1. The Morgan fingerprint density at radius 2 is 1.92 bits per heavy atom. The van der Waals surface area contributed by atoms with Crippen LogP contribution in [-0.4, -0.2) is 39.0 Å². The summed E-state index contributed by atoms with van der Waals surface area (Å²) in [6, 6.07) is 7.54. The van der Waals surface area contributed by atoms with Crippen LogP contribution in [0, 0.1) is 0 Å². The molecular weight excluding hydrogens is 352 g/mol. The van der Waals surface area contributed by atoms with E-state index in [0.717, 1.165) is 16.9 Å². The zero-order chi connectivity index (χ0) is 17.5. The number of hydrogen-bond acceptors (Lipinski definition) is 5. The van der Waals surface area contributed by atoms with Crippen molar-refractivity contribution in [3.63, 3.8) is 0 Å². The van der Waals surface area contributed by atoms with Gasteiger partial charge >= 0.3 is 5.97 Å². The van der Waals surface area contributed by atoms with E-state index in [2.05, 4.69) is 4.72 Å². The van der Waals surface area contributed by atoms with Gasteiger partial charge in [-0.2, -0.15) is 0 Å². The first-order valence-electron chi connectivity index (χ1n) is 7.05. The molecule has 0 unspecified atom stereocenters. The summed E-state index contributed by atoms with van der Waals surface area (Å²) >= 11 is 0.904. The molecule has 3 rings (SSSR count). The number of rotatable bonds is 4. The molecule has 1 aliphatic rings. The average molecular weight is 366 g/mol. The van der Waals surface area contributed by atoms with Crippen molar-refractivity contribution in [2.75, 3.05) is 18.5 Å². The number of carbonyl (C=O) groups excluding carboxylic acids is 1. The lowest BCUT2D eigenvalue weighted by Gasteiger charge is -2.17. The van der Waals surface area contributed by atoms with Crippen molar-refractivity contribution >= 4 is 38.9 Å². The molecule has 9 heteroatoms. The van der Waals surface area contributed by atoms with Gasteiger partial charge in [-0.1, -0.05) is 6.07 Å². The highest BCUT2D eigenvalue weighted by Gasteiger charge is 2.28. The molecule has 0 atom stereocenters. The van der Waals surface area contributed by atoms with E-state index in [1.807, 2.05) is 0 Å². The van der Waals surface area contributed by atoms with Crippen molar-refractivity contribution < 1.29 is 23.1 Å². The molecule has 0 spiro atoms. The molecule has 0 fully saturated rings. The maximum atomic E-state index is 12.7. The fraction of sp³-hybridized carbons (Fsp3) is 0.200. The van der Waals surface area contributed by atoms with Crippen LogP contribution in [0.25, 0.3) is 0 Å². The number of carbonyl (C=O) groups is 2. The molecule has 0 saturated heterocycles. The van der Waals surface area contributed by atoms with Crippen molar-refractivity contribution in [2.24, 2.45) is 0 Å². The second-order valence-corrected chi connectivity index (χ2v) is 8.14. The molecule has 0 radical (unpaired) electrons. The van der Waals surface area contributed by atoms with Gasteiger partial charge in [0.25, 0.3) is 5.91 Å². The monoisotopic (exact) mass is 366 g/mol. The number of carboxylic acids is 1. The van der Waals surface area contributed by atoms with E-state index in [1.165, 1.54) is 36.2 Å². The van der Waals surface area contributed by atoms with Crippen LogP contribution in [0.4, 0.5) is 5.69 Å². The summed E-state index contributed by atoms with van der Waals surface area (Å²) in [6.45, 7) is 0.428. The van der Waals surface area contributed by atoms with E-state index >= 15 is 0 Å². The third kappa shape index (κ3) is 2.81. The largest absolute Gasteiger partial charge is 0.477 e. The molecule has 24 heavy (non-hydrogen) atoms. The second kappa shape index (κ2) is 6.00. The van der Waals surface area contributed by atoms with Crippen molar-refractivity contribution in [3.8, 4) is 0 Å². The molecule has 0 saturated carbocycles. The topological polar surface area (TPSA) is 104 Å². The first kappa shape index (κ1) is 16.6. The highest BCUT2D eigenvalue weighted by atomic mass is 32.2. The maximum Gasteiger partial charge on any atom is 0.345 e. The predicted molar refractivity (Wildman–Crippen MR) is 89.3 cm³/mol. The number of sulfonamides is 1. The Morgan fingerprint density at radius 1 is 1.21 bits per heavy atom. The summed E-state index contributed by atoms with van der Waals surface area (Å²) in [6.07, 6.45) is 0.623. The SMILES string of the molecule is CNS(=O)(=O)c1ccc2c(c1)N(C(=O)c1ccc(C(=O)O)s1)CC2. The molecular formula is C15H14N2O5S2. The van der Waals surface area contributed by atoms with Crippen LogP contribution in [-0.2, 0) is 16.4 Å². The minimum absolute atomic E-state index is 0.0841. The summed E-state index contributed by atoms with van der Waals surface area (Å²) in [5.74, 6) is -1.41. The van der Waals surface area contributed by atoms with E-state index in [1.54, 1.807) is 6.07 Å². The molecule has 1 aromatic carbocycles.